The highest BCUT2D eigenvalue weighted by atomic mass is 16.4. The molecule has 0 heterocycles. The van der Waals surface area contributed by atoms with E-state index in [1.54, 1.807) is 0 Å². The molecular weight excluding hydrogens is 274 g/mol. The number of carboxylic acid groups (broad SMARTS) is 1. The lowest BCUT2D eigenvalue weighted by Gasteiger charge is -2.22. The molecule has 2 aromatic rings. The number of carbonyl (C=O) groups is 1. The van der Waals surface area contributed by atoms with Crippen LogP contribution in [-0.2, 0) is 11.2 Å². The van der Waals surface area contributed by atoms with Crippen LogP contribution in [0.2, 0.25) is 0 Å². The number of rotatable bonds is 8. The van der Waals surface area contributed by atoms with E-state index in [1.807, 2.05) is 36.4 Å². The molecule has 0 aliphatic heterocycles. The highest BCUT2D eigenvalue weighted by molar-refractivity contribution is 5.67. The summed E-state index contributed by atoms with van der Waals surface area (Å²) < 4.78 is 0. The highest BCUT2D eigenvalue weighted by Crippen LogP contribution is 2.15. The summed E-state index contributed by atoms with van der Waals surface area (Å²) in [5.41, 5.74) is 2.42. The molecule has 0 amide bonds. The van der Waals surface area contributed by atoms with Gasteiger partial charge in [-0.1, -0.05) is 60.7 Å². The number of benzene rings is 2. The van der Waals surface area contributed by atoms with Crippen molar-refractivity contribution in [1.29, 1.82) is 0 Å². The Bertz CT molecular complexity index is 569. The second-order valence-electron chi connectivity index (χ2n) is 5.62. The van der Waals surface area contributed by atoms with Crippen LogP contribution in [0.15, 0.2) is 60.7 Å². The number of nitrogens with one attached hydrogen (secondary N) is 1. The monoisotopic (exact) mass is 297 g/mol. The standard InChI is InChI=1S/C19H23NO2/c1-15(17-10-6-3-7-11-17)20-18(14-19(21)22)13-12-16-8-4-2-5-9-16/h2-11,15,18,20H,12-14H2,1H3,(H,21,22)/t15?,18-/m1/s1. The van der Waals surface area contributed by atoms with Crippen molar-refractivity contribution in [3.8, 4) is 0 Å². The minimum Gasteiger partial charge on any atom is -0.481 e. The maximum absolute atomic E-state index is 11.1. The van der Waals surface area contributed by atoms with E-state index in [2.05, 4.69) is 36.5 Å². The molecule has 0 aliphatic rings. The van der Waals surface area contributed by atoms with E-state index < -0.39 is 5.97 Å². The Morgan fingerprint density at radius 3 is 2.23 bits per heavy atom. The Balaban J connectivity index is 1.95. The maximum Gasteiger partial charge on any atom is 0.304 e. The molecule has 2 rings (SSSR count). The molecular formula is C19H23NO2. The summed E-state index contributed by atoms with van der Waals surface area (Å²) in [5, 5.41) is 12.6. The molecule has 2 N–H and O–H groups in total. The summed E-state index contributed by atoms with van der Waals surface area (Å²) in [6.07, 6.45) is 1.84. The van der Waals surface area contributed by atoms with Crippen molar-refractivity contribution in [3.05, 3.63) is 71.8 Å². The van der Waals surface area contributed by atoms with Gasteiger partial charge in [0.05, 0.1) is 6.42 Å². The summed E-state index contributed by atoms with van der Waals surface area (Å²) in [4.78, 5) is 11.1. The molecule has 0 fully saturated rings. The summed E-state index contributed by atoms with van der Waals surface area (Å²) in [6.45, 7) is 2.08. The highest BCUT2D eigenvalue weighted by Gasteiger charge is 2.16. The SMILES string of the molecule is CC(N[C@H](CCc1ccccc1)CC(=O)O)c1ccccc1. The van der Waals surface area contributed by atoms with E-state index in [4.69, 9.17) is 5.11 Å². The number of hydrogen-bond acceptors (Lipinski definition) is 2. The molecule has 0 bridgehead atoms. The van der Waals surface area contributed by atoms with Gasteiger partial charge in [0, 0.05) is 12.1 Å². The van der Waals surface area contributed by atoms with Crippen molar-refractivity contribution < 1.29 is 9.90 Å². The van der Waals surface area contributed by atoms with Crippen LogP contribution in [0.5, 0.6) is 0 Å². The van der Waals surface area contributed by atoms with E-state index >= 15 is 0 Å². The van der Waals surface area contributed by atoms with Crippen LogP contribution in [-0.4, -0.2) is 17.1 Å². The van der Waals surface area contributed by atoms with Crippen molar-refractivity contribution >= 4 is 5.97 Å². The first-order chi connectivity index (χ1) is 10.6. The molecule has 22 heavy (non-hydrogen) atoms. The predicted molar refractivity (Wildman–Crippen MR) is 88.8 cm³/mol. The Labute approximate surface area is 132 Å². The second-order valence-corrected chi connectivity index (χ2v) is 5.62. The summed E-state index contributed by atoms with van der Waals surface area (Å²) in [6, 6.07) is 20.4. The fourth-order valence-electron chi connectivity index (χ4n) is 2.63. The van der Waals surface area contributed by atoms with Crippen molar-refractivity contribution in [2.75, 3.05) is 0 Å². The average Bonchev–Trinajstić information content (AvgIpc) is 2.54. The zero-order chi connectivity index (χ0) is 15.8. The second kappa shape index (κ2) is 8.35. The first kappa shape index (κ1) is 16.2. The van der Waals surface area contributed by atoms with E-state index in [0.717, 1.165) is 12.8 Å². The minimum absolute atomic E-state index is 0.0343. The van der Waals surface area contributed by atoms with Gasteiger partial charge in [0.2, 0.25) is 0 Å². The third-order valence-electron chi connectivity index (χ3n) is 3.83. The first-order valence-corrected chi connectivity index (χ1v) is 7.72. The summed E-state index contributed by atoms with van der Waals surface area (Å²) in [5.74, 6) is -0.758. The molecule has 0 spiro atoms. The summed E-state index contributed by atoms with van der Waals surface area (Å²) >= 11 is 0. The predicted octanol–water partition coefficient (Wildman–Crippen LogP) is 3.81. The molecule has 2 atom stereocenters. The lowest BCUT2D eigenvalue weighted by Crippen LogP contribution is -2.34. The van der Waals surface area contributed by atoms with Crippen molar-refractivity contribution in [3.63, 3.8) is 0 Å². The van der Waals surface area contributed by atoms with Crippen molar-refractivity contribution in [2.45, 2.75) is 38.3 Å². The van der Waals surface area contributed by atoms with Crippen LogP contribution in [0.1, 0.15) is 36.9 Å². The van der Waals surface area contributed by atoms with E-state index in [0.29, 0.717) is 0 Å². The number of hydrogen-bond donors (Lipinski definition) is 2. The van der Waals surface area contributed by atoms with Crippen LogP contribution in [0.3, 0.4) is 0 Å². The molecule has 3 heteroatoms. The van der Waals surface area contributed by atoms with E-state index in [-0.39, 0.29) is 18.5 Å². The average molecular weight is 297 g/mol. The molecule has 0 saturated heterocycles. The Morgan fingerprint density at radius 1 is 1.05 bits per heavy atom. The zero-order valence-corrected chi connectivity index (χ0v) is 12.9. The largest absolute Gasteiger partial charge is 0.481 e. The molecule has 0 aliphatic carbocycles. The summed E-state index contributed by atoms with van der Waals surface area (Å²) in [7, 11) is 0. The fourth-order valence-corrected chi connectivity index (χ4v) is 2.63. The van der Waals surface area contributed by atoms with Gasteiger partial charge >= 0.3 is 5.97 Å². The van der Waals surface area contributed by atoms with Crippen molar-refractivity contribution in [2.24, 2.45) is 0 Å². The van der Waals surface area contributed by atoms with Crippen LogP contribution in [0.25, 0.3) is 0 Å². The van der Waals surface area contributed by atoms with Crippen LogP contribution < -0.4 is 5.32 Å². The van der Waals surface area contributed by atoms with Crippen LogP contribution >= 0.6 is 0 Å². The quantitative estimate of drug-likeness (QED) is 0.779. The molecule has 116 valence electrons. The van der Waals surface area contributed by atoms with Gasteiger partial charge in [0.15, 0.2) is 0 Å². The van der Waals surface area contributed by atoms with Gasteiger partial charge in [-0.25, -0.2) is 0 Å². The lowest BCUT2D eigenvalue weighted by atomic mass is 10.0. The van der Waals surface area contributed by atoms with Gasteiger partial charge < -0.3 is 10.4 Å². The van der Waals surface area contributed by atoms with Gasteiger partial charge in [0.1, 0.15) is 0 Å². The topological polar surface area (TPSA) is 49.3 Å². The Morgan fingerprint density at radius 2 is 1.64 bits per heavy atom. The van der Waals surface area contributed by atoms with E-state index in [1.165, 1.54) is 11.1 Å². The Kier molecular flexibility index (Phi) is 6.16. The van der Waals surface area contributed by atoms with Crippen LogP contribution in [0.4, 0.5) is 0 Å². The van der Waals surface area contributed by atoms with Crippen LogP contribution in [0, 0.1) is 0 Å². The molecule has 0 aromatic heterocycles. The third kappa shape index (κ3) is 5.34. The van der Waals surface area contributed by atoms with Crippen molar-refractivity contribution in [1.82, 2.24) is 5.32 Å². The van der Waals surface area contributed by atoms with Gasteiger partial charge in [-0.05, 0) is 30.9 Å². The van der Waals surface area contributed by atoms with Gasteiger partial charge in [0.25, 0.3) is 0 Å². The first-order valence-electron chi connectivity index (χ1n) is 7.72. The van der Waals surface area contributed by atoms with Gasteiger partial charge in [-0.2, -0.15) is 0 Å². The number of aryl methyl sites for hydroxylation is 1. The number of carboxylic acids is 1. The molecule has 0 radical (unpaired) electrons. The lowest BCUT2D eigenvalue weighted by molar-refractivity contribution is -0.137. The Hall–Kier alpha value is -2.13. The smallest absolute Gasteiger partial charge is 0.304 e. The minimum atomic E-state index is -0.758. The molecule has 0 saturated carbocycles. The maximum atomic E-state index is 11.1. The number of aliphatic carboxylic acids is 1. The normalized spacial score (nSPS) is 13.5. The van der Waals surface area contributed by atoms with Gasteiger partial charge in [-0.15, -0.1) is 0 Å². The van der Waals surface area contributed by atoms with E-state index in [9.17, 15) is 4.79 Å². The van der Waals surface area contributed by atoms with Gasteiger partial charge in [-0.3, -0.25) is 4.79 Å². The third-order valence-corrected chi connectivity index (χ3v) is 3.83. The fraction of sp³-hybridized carbons (Fsp3) is 0.316. The molecule has 1 unspecified atom stereocenters. The molecule has 3 nitrogen and oxygen atoms in total. The molecule has 2 aromatic carbocycles. The zero-order valence-electron chi connectivity index (χ0n) is 12.9.